The zero-order chi connectivity index (χ0) is 14.7. The highest BCUT2D eigenvalue weighted by Gasteiger charge is 2.07. The van der Waals surface area contributed by atoms with Gasteiger partial charge in [-0.3, -0.25) is 9.48 Å². The van der Waals surface area contributed by atoms with E-state index in [1.165, 1.54) is 10.9 Å². The van der Waals surface area contributed by atoms with Crippen molar-refractivity contribution < 1.29 is 9.90 Å². The van der Waals surface area contributed by atoms with E-state index in [0.29, 0.717) is 14.5 Å². The number of benzene rings is 1. The molecular weight excluding hydrogens is 392 g/mol. The number of aryl methyl sites for hydroxylation is 1. The number of hydrazone groups is 1. The number of amides is 1. The topological polar surface area (TPSA) is 79.5 Å². The summed E-state index contributed by atoms with van der Waals surface area (Å²) in [6, 6.07) is 4.95. The Hall–Kier alpha value is -1.67. The minimum atomic E-state index is -0.390. The van der Waals surface area contributed by atoms with Crippen molar-refractivity contribution in [2.75, 3.05) is 0 Å². The number of carbonyl (C=O) groups excluding carboxylic acids is 1. The second-order valence-corrected chi connectivity index (χ2v) is 5.62. The average molecular weight is 402 g/mol. The fraction of sp³-hybridized carbons (Fsp3) is 0.0833. The van der Waals surface area contributed by atoms with Crippen LogP contribution in [0, 0.1) is 0 Å². The number of hydrogen-bond donors (Lipinski definition) is 2. The SMILES string of the molecule is Cn1ccc(C(=O)N/N=C\c2cc(Br)c(O)c(Br)c2)n1. The molecule has 6 nitrogen and oxygen atoms in total. The first-order valence-corrected chi connectivity index (χ1v) is 7.07. The molecule has 2 N–H and O–H groups in total. The standard InChI is InChI=1S/C12H10Br2N4O2/c1-18-3-2-10(17-18)12(20)16-15-6-7-4-8(13)11(19)9(14)5-7/h2-6,19H,1H3,(H,16,20)/b15-6-. The molecule has 20 heavy (non-hydrogen) atoms. The van der Waals surface area contributed by atoms with E-state index in [1.807, 2.05) is 0 Å². The molecule has 0 saturated heterocycles. The summed E-state index contributed by atoms with van der Waals surface area (Å²) < 4.78 is 2.60. The zero-order valence-electron chi connectivity index (χ0n) is 10.3. The van der Waals surface area contributed by atoms with E-state index in [0.717, 1.165) is 0 Å². The van der Waals surface area contributed by atoms with Gasteiger partial charge in [-0.25, -0.2) is 5.43 Å². The van der Waals surface area contributed by atoms with E-state index in [4.69, 9.17) is 0 Å². The molecule has 0 aliphatic carbocycles. The number of phenols is 1. The molecule has 104 valence electrons. The van der Waals surface area contributed by atoms with Gasteiger partial charge in [0.2, 0.25) is 0 Å². The molecule has 8 heteroatoms. The first-order valence-electron chi connectivity index (χ1n) is 5.48. The highest BCUT2D eigenvalue weighted by Crippen LogP contribution is 2.32. The van der Waals surface area contributed by atoms with E-state index in [1.54, 1.807) is 31.4 Å². The quantitative estimate of drug-likeness (QED) is 0.612. The molecule has 0 unspecified atom stereocenters. The summed E-state index contributed by atoms with van der Waals surface area (Å²) >= 11 is 6.43. The number of carbonyl (C=O) groups is 1. The normalized spacial score (nSPS) is 10.9. The van der Waals surface area contributed by atoms with Gasteiger partial charge in [-0.15, -0.1) is 0 Å². The van der Waals surface area contributed by atoms with Crippen LogP contribution in [0.2, 0.25) is 0 Å². The number of halogens is 2. The molecular formula is C12H10Br2N4O2. The number of phenolic OH excluding ortho intramolecular Hbond substituents is 1. The van der Waals surface area contributed by atoms with Crippen molar-refractivity contribution in [3.8, 4) is 5.75 Å². The van der Waals surface area contributed by atoms with Crippen LogP contribution in [0.25, 0.3) is 0 Å². The number of hydrogen-bond acceptors (Lipinski definition) is 4. The van der Waals surface area contributed by atoms with Crippen molar-refractivity contribution >= 4 is 44.0 Å². The number of aromatic nitrogens is 2. The van der Waals surface area contributed by atoms with Crippen LogP contribution in [0.15, 0.2) is 38.4 Å². The van der Waals surface area contributed by atoms with Gasteiger partial charge in [0, 0.05) is 13.2 Å². The Morgan fingerprint density at radius 1 is 1.45 bits per heavy atom. The van der Waals surface area contributed by atoms with Crippen molar-refractivity contribution in [3.63, 3.8) is 0 Å². The highest BCUT2D eigenvalue weighted by molar-refractivity contribution is 9.11. The number of nitrogens with zero attached hydrogens (tertiary/aromatic N) is 3. The van der Waals surface area contributed by atoms with Crippen LogP contribution in [0.4, 0.5) is 0 Å². The van der Waals surface area contributed by atoms with Gasteiger partial charge in [0.15, 0.2) is 5.69 Å². The maximum Gasteiger partial charge on any atom is 0.291 e. The van der Waals surface area contributed by atoms with E-state index < -0.39 is 5.91 Å². The second-order valence-electron chi connectivity index (χ2n) is 3.91. The van der Waals surface area contributed by atoms with Gasteiger partial charge in [-0.1, -0.05) is 0 Å². The van der Waals surface area contributed by atoms with Crippen LogP contribution in [0.5, 0.6) is 5.75 Å². The minimum absolute atomic E-state index is 0.111. The first kappa shape index (κ1) is 14.7. The lowest BCUT2D eigenvalue weighted by molar-refractivity contribution is 0.0949. The van der Waals surface area contributed by atoms with Crippen LogP contribution in [-0.2, 0) is 7.05 Å². The predicted molar refractivity (Wildman–Crippen MR) is 81.8 cm³/mol. The van der Waals surface area contributed by atoms with Crippen molar-refractivity contribution in [3.05, 3.63) is 44.6 Å². The molecule has 2 rings (SSSR count). The van der Waals surface area contributed by atoms with Crippen LogP contribution in [0.3, 0.4) is 0 Å². The highest BCUT2D eigenvalue weighted by atomic mass is 79.9. The zero-order valence-corrected chi connectivity index (χ0v) is 13.5. The van der Waals surface area contributed by atoms with Crippen molar-refractivity contribution in [2.24, 2.45) is 12.1 Å². The summed E-state index contributed by atoms with van der Waals surface area (Å²) in [7, 11) is 1.73. The van der Waals surface area contributed by atoms with Crippen molar-refractivity contribution in [1.29, 1.82) is 0 Å². The third-order valence-electron chi connectivity index (χ3n) is 2.37. The van der Waals surface area contributed by atoms with Gasteiger partial charge in [0.25, 0.3) is 5.91 Å². The molecule has 1 aromatic heterocycles. The molecule has 1 amide bonds. The summed E-state index contributed by atoms with van der Waals surface area (Å²) in [5.41, 5.74) is 3.38. The van der Waals surface area contributed by atoms with E-state index in [-0.39, 0.29) is 11.4 Å². The summed E-state index contributed by atoms with van der Waals surface area (Å²) in [6.45, 7) is 0. The molecule has 0 atom stereocenters. The van der Waals surface area contributed by atoms with Crippen LogP contribution in [-0.4, -0.2) is 27.0 Å². The molecule has 0 spiro atoms. The van der Waals surface area contributed by atoms with Gasteiger partial charge in [0.05, 0.1) is 15.2 Å². The Morgan fingerprint density at radius 3 is 2.65 bits per heavy atom. The molecule has 0 saturated carbocycles. The Labute approximate surface area is 131 Å². The second kappa shape index (κ2) is 6.19. The van der Waals surface area contributed by atoms with E-state index in [2.05, 4.69) is 47.5 Å². The smallest absolute Gasteiger partial charge is 0.291 e. The Morgan fingerprint density at radius 2 is 2.10 bits per heavy atom. The lowest BCUT2D eigenvalue weighted by Gasteiger charge is -2.02. The first-order chi connectivity index (χ1) is 9.47. The summed E-state index contributed by atoms with van der Waals surface area (Å²) in [5.74, 6) is -0.279. The van der Waals surface area contributed by atoms with Gasteiger partial charge in [-0.05, 0) is 55.6 Å². The fourth-order valence-corrected chi connectivity index (χ4v) is 2.64. The van der Waals surface area contributed by atoms with Crippen LogP contribution < -0.4 is 5.43 Å². The van der Waals surface area contributed by atoms with Gasteiger partial charge < -0.3 is 5.11 Å². The maximum absolute atomic E-state index is 11.7. The van der Waals surface area contributed by atoms with Gasteiger partial charge in [-0.2, -0.15) is 10.2 Å². The average Bonchev–Trinajstić information content (AvgIpc) is 2.82. The number of rotatable bonds is 3. The third-order valence-corrected chi connectivity index (χ3v) is 3.57. The maximum atomic E-state index is 11.7. The number of nitrogens with one attached hydrogen (secondary N) is 1. The Kier molecular flexibility index (Phi) is 4.56. The van der Waals surface area contributed by atoms with Crippen molar-refractivity contribution in [2.45, 2.75) is 0 Å². The van der Waals surface area contributed by atoms with Crippen LogP contribution >= 0.6 is 31.9 Å². The monoisotopic (exact) mass is 400 g/mol. The molecule has 1 aromatic carbocycles. The summed E-state index contributed by atoms with van der Waals surface area (Å²) in [4.78, 5) is 11.7. The van der Waals surface area contributed by atoms with E-state index in [9.17, 15) is 9.90 Å². The predicted octanol–water partition coefficient (Wildman–Crippen LogP) is 2.41. The lowest BCUT2D eigenvalue weighted by atomic mass is 10.2. The van der Waals surface area contributed by atoms with E-state index >= 15 is 0 Å². The van der Waals surface area contributed by atoms with Gasteiger partial charge >= 0.3 is 0 Å². The molecule has 1 heterocycles. The fourth-order valence-electron chi connectivity index (χ4n) is 1.42. The molecule has 0 aliphatic heterocycles. The third kappa shape index (κ3) is 3.45. The molecule has 2 aromatic rings. The van der Waals surface area contributed by atoms with Crippen LogP contribution in [0.1, 0.15) is 16.1 Å². The number of aromatic hydroxyl groups is 1. The summed E-state index contributed by atoms with van der Waals surface area (Å²) in [6.07, 6.45) is 3.14. The molecule has 0 fully saturated rings. The summed E-state index contributed by atoms with van der Waals surface area (Å²) in [5, 5.41) is 17.4. The van der Waals surface area contributed by atoms with Gasteiger partial charge in [0.1, 0.15) is 5.75 Å². The largest absolute Gasteiger partial charge is 0.506 e. The lowest BCUT2D eigenvalue weighted by Crippen LogP contribution is -2.18. The molecule has 0 aliphatic rings. The molecule has 0 radical (unpaired) electrons. The minimum Gasteiger partial charge on any atom is -0.506 e. The Bertz CT molecular complexity index is 659. The van der Waals surface area contributed by atoms with Crippen molar-refractivity contribution in [1.82, 2.24) is 15.2 Å². The molecule has 0 bridgehead atoms. The Balaban J connectivity index is 2.05.